The summed E-state index contributed by atoms with van der Waals surface area (Å²) in [4.78, 5) is 18.4. The van der Waals surface area contributed by atoms with E-state index in [1.54, 1.807) is 42.2 Å². The number of unbranched alkanes of at least 4 members (excludes halogenated alkanes) is 1. The topological polar surface area (TPSA) is 92.8 Å². The lowest BCUT2D eigenvalue weighted by Gasteiger charge is -2.09. The lowest BCUT2D eigenvalue weighted by Crippen LogP contribution is -2.23. The SMILES string of the molecule is C=CCOc1ccc(/C=C/c2nc3s/c(=C\c4cn(-c5ccccc5)nc4-c4ccc(OCCCC)c(F)c4)c(=O)n3n2)cc1OC. The molecule has 6 aromatic rings. The number of para-hydroxylation sites is 1. The first kappa shape index (κ1) is 31.4. The van der Waals surface area contributed by atoms with Crippen LogP contribution in [-0.4, -0.2) is 44.7 Å². The van der Waals surface area contributed by atoms with E-state index in [0.29, 0.717) is 56.9 Å². The number of methoxy groups -OCH3 is 1. The summed E-state index contributed by atoms with van der Waals surface area (Å²) in [5, 5.41) is 9.20. The number of benzene rings is 3. The lowest BCUT2D eigenvalue weighted by molar-refractivity contribution is 0.294. The third-order valence-corrected chi connectivity index (χ3v) is 8.14. The predicted molar refractivity (Wildman–Crippen MR) is 183 cm³/mol. The summed E-state index contributed by atoms with van der Waals surface area (Å²) in [5.74, 6) is 1.31. The van der Waals surface area contributed by atoms with E-state index in [0.717, 1.165) is 24.1 Å². The van der Waals surface area contributed by atoms with Gasteiger partial charge in [0.15, 0.2) is 28.9 Å². The number of aromatic nitrogens is 5. The third-order valence-electron chi connectivity index (χ3n) is 7.18. The molecular formula is C36H32FN5O4S. The second-order valence-corrected chi connectivity index (χ2v) is 11.5. The van der Waals surface area contributed by atoms with Gasteiger partial charge in [0.2, 0.25) is 4.96 Å². The van der Waals surface area contributed by atoms with Crippen molar-refractivity contribution in [1.82, 2.24) is 24.4 Å². The average molecular weight is 650 g/mol. The number of hydrogen-bond donors (Lipinski definition) is 0. The van der Waals surface area contributed by atoms with Crippen LogP contribution < -0.4 is 24.3 Å². The van der Waals surface area contributed by atoms with Crippen LogP contribution in [-0.2, 0) is 0 Å². The van der Waals surface area contributed by atoms with Crippen LogP contribution in [0.15, 0.2) is 90.4 Å². The molecule has 0 fully saturated rings. The maximum Gasteiger partial charge on any atom is 0.291 e. The largest absolute Gasteiger partial charge is 0.493 e. The Hall–Kier alpha value is -5.55. The van der Waals surface area contributed by atoms with Crippen molar-refractivity contribution in [3.05, 3.63) is 123 Å². The molecule has 0 unspecified atom stereocenters. The Kier molecular flexibility index (Phi) is 9.53. The van der Waals surface area contributed by atoms with Crippen LogP contribution in [0.5, 0.6) is 17.2 Å². The van der Waals surface area contributed by atoms with E-state index in [2.05, 4.69) is 23.6 Å². The fraction of sp³-hybridized carbons (Fsp3) is 0.167. The number of ether oxygens (including phenoxy) is 3. The maximum atomic E-state index is 15.1. The van der Waals surface area contributed by atoms with Crippen LogP contribution in [0.4, 0.5) is 4.39 Å². The highest BCUT2D eigenvalue weighted by molar-refractivity contribution is 7.15. The van der Waals surface area contributed by atoms with Gasteiger partial charge in [0.25, 0.3) is 5.56 Å². The highest BCUT2D eigenvalue weighted by Gasteiger charge is 2.16. The molecule has 47 heavy (non-hydrogen) atoms. The Morgan fingerprint density at radius 3 is 2.55 bits per heavy atom. The zero-order chi connectivity index (χ0) is 32.8. The summed E-state index contributed by atoms with van der Waals surface area (Å²) in [6, 6.07) is 19.9. The summed E-state index contributed by atoms with van der Waals surface area (Å²) in [5.41, 5.74) is 3.08. The zero-order valence-corrected chi connectivity index (χ0v) is 26.7. The molecule has 0 aliphatic heterocycles. The van der Waals surface area contributed by atoms with E-state index < -0.39 is 5.82 Å². The number of halogens is 1. The van der Waals surface area contributed by atoms with Gasteiger partial charge in [0.1, 0.15) is 12.3 Å². The molecule has 0 aliphatic carbocycles. The van der Waals surface area contributed by atoms with E-state index in [9.17, 15) is 4.79 Å². The molecule has 3 aromatic heterocycles. The molecule has 0 radical (unpaired) electrons. The Morgan fingerprint density at radius 1 is 0.979 bits per heavy atom. The van der Waals surface area contributed by atoms with Gasteiger partial charge in [-0.15, -0.1) is 5.10 Å². The number of fused-ring (bicyclic) bond motifs is 1. The lowest BCUT2D eigenvalue weighted by atomic mass is 10.1. The second-order valence-electron chi connectivity index (χ2n) is 10.5. The molecule has 6 rings (SSSR count). The molecule has 0 saturated carbocycles. The summed E-state index contributed by atoms with van der Waals surface area (Å²) in [6.07, 6.45) is 10.6. The van der Waals surface area contributed by atoms with Gasteiger partial charge in [-0.2, -0.15) is 14.6 Å². The summed E-state index contributed by atoms with van der Waals surface area (Å²) >= 11 is 1.21. The van der Waals surface area contributed by atoms with Crippen LogP contribution in [0.2, 0.25) is 0 Å². The highest BCUT2D eigenvalue weighted by Crippen LogP contribution is 2.30. The van der Waals surface area contributed by atoms with Crippen molar-refractivity contribution < 1.29 is 18.6 Å². The normalized spacial score (nSPS) is 11.9. The van der Waals surface area contributed by atoms with E-state index in [4.69, 9.17) is 19.3 Å². The van der Waals surface area contributed by atoms with Gasteiger partial charge in [-0.3, -0.25) is 4.79 Å². The zero-order valence-electron chi connectivity index (χ0n) is 25.9. The summed E-state index contributed by atoms with van der Waals surface area (Å²) < 4.78 is 35.1. The Bertz CT molecular complexity index is 2170. The first-order chi connectivity index (χ1) is 23.0. The number of rotatable bonds is 13. The molecule has 3 aromatic carbocycles. The molecule has 0 aliphatic rings. The number of hydrogen-bond acceptors (Lipinski definition) is 8. The average Bonchev–Trinajstić information content (AvgIpc) is 3.78. The van der Waals surface area contributed by atoms with Crippen molar-refractivity contribution in [1.29, 1.82) is 0 Å². The van der Waals surface area contributed by atoms with Crippen molar-refractivity contribution in [3.8, 4) is 34.2 Å². The molecule has 0 spiro atoms. The maximum absolute atomic E-state index is 15.1. The first-order valence-corrected chi connectivity index (χ1v) is 15.9. The number of thiazole rings is 1. The quantitative estimate of drug-likeness (QED) is 0.103. The molecule has 0 bridgehead atoms. The fourth-order valence-corrected chi connectivity index (χ4v) is 5.71. The van der Waals surface area contributed by atoms with Gasteiger partial charge in [0, 0.05) is 17.3 Å². The van der Waals surface area contributed by atoms with Crippen LogP contribution in [0.3, 0.4) is 0 Å². The monoisotopic (exact) mass is 649 g/mol. The third kappa shape index (κ3) is 7.00. The summed E-state index contributed by atoms with van der Waals surface area (Å²) in [6.45, 7) is 6.53. The molecule has 11 heteroatoms. The highest BCUT2D eigenvalue weighted by atomic mass is 32.1. The minimum atomic E-state index is -0.474. The van der Waals surface area contributed by atoms with Crippen molar-refractivity contribution in [2.75, 3.05) is 20.3 Å². The summed E-state index contributed by atoms with van der Waals surface area (Å²) in [7, 11) is 1.58. The smallest absolute Gasteiger partial charge is 0.291 e. The Balaban J connectivity index is 1.32. The fourth-order valence-electron chi connectivity index (χ4n) is 4.81. The molecule has 0 atom stereocenters. The van der Waals surface area contributed by atoms with Crippen LogP contribution in [0.1, 0.15) is 36.7 Å². The van der Waals surface area contributed by atoms with Gasteiger partial charge in [-0.1, -0.05) is 67.7 Å². The van der Waals surface area contributed by atoms with Gasteiger partial charge in [0.05, 0.1) is 23.9 Å². The minimum absolute atomic E-state index is 0.196. The molecule has 0 saturated heterocycles. The second kappa shape index (κ2) is 14.3. The molecule has 238 valence electrons. The van der Waals surface area contributed by atoms with Crippen molar-refractivity contribution in [3.63, 3.8) is 0 Å². The van der Waals surface area contributed by atoms with Gasteiger partial charge in [-0.05, 0) is 66.6 Å². The van der Waals surface area contributed by atoms with Crippen LogP contribution in [0.25, 0.3) is 40.1 Å². The minimum Gasteiger partial charge on any atom is -0.493 e. The molecule has 3 heterocycles. The van der Waals surface area contributed by atoms with Gasteiger partial charge in [-0.25, -0.2) is 9.07 Å². The standard InChI is InChI=1S/C36H32FN5O4S/c1-4-6-19-46-29-16-14-25(21-28(29)37)34-26(23-41(40-34)27-10-8-7-9-11-27)22-32-35(43)42-36(47-32)38-33(39-42)17-13-24-12-15-30(45-18-5-2)31(20-24)44-3/h5,7-17,20-23H,2,4,6,18-19H2,1,3H3/b17-13+,32-22-. The molecule has 9 nitrogen and oxygen atoms in total. The first-order valence-electron chi connectivity index (χ1n) is 15.1. The van der Waals surface area contributed by atoms with E-state index in [1.807, 2.05) is 60.8 Å². The molecule has 0 N–H and O–H groups in total. The number of nitrogens with zero attached hydrogens (tertiary/aromatic N) is 5. The van der Waals surface area contributed by atoms with Crippen molar-refractivity contribution in [2.24, 2.45) is 0 Å². The van der Waals surface area contributed by atoms with E-state index in [1.165, 1.54) is 21.9 Å². The van der Waals surface area contributed by atoms with Gasteiger partial charge >= 0.3 is 0 Å². The molecule has 0 amide bonds. The van der Waals surface area contributed by atoms with Crippen molar-refractivity contribution >= 4 is 34.5 Å². The Morgan fingerprint density at radius 2 is 1.81 bits per heavy atom. The van der Waals surface area contributed by atoms with E-state index in [-0.39, 0.29) is 11.3 Å². The van der Waals surface area contributed by atoms with Crippen LogP contribution >= 0.6 is 11.3 Å². The van der Waals surface area contributed by atoms with Crippen molar-refractivity contribution in [2.45, 2.75) is 19.8 Å². The predicted octanol–water partition coefficient (Wildman–Crippen LogP) is 6.61. The van der Waals surface area contributed by atoms with E-state index >= 15 is 4.39 Å². The molecular weight excluding hydrogens is 617 g/mol. The Labute approximate surface area is 274 Å². The van der Waals surface area contributed by atoms with Gasteiger partial charge < -0.3 is 14.2 Å². The van der Waals surface area contributed by atoms with Crippen LogP contribution in [0, 0.1) is 5.82 Å².